The number of carbonyl (C=O) groups excluding carboxylic acids is 2. The van der Waals surface area contributed by atoms with Gasteiger partial charge in [-0.1, -0.05) is 12.1 Å². The fourth-order valence-electron chi connectivity index (χ4n) is 1.75. The van der Waals surface area contributed by atoms with Crippen LogP contribution in [0.3, 0.4) is 0 Å². The first-order valence-electron chi connectivity index (χ1n) is 6.44. The molecule has 0 atom stereocenters. The zero-order valence-corrected chi connectivity index (χ0v) is 11.7. The Morgan fingerprint density at radius 1 is 1.14 bits per heavy atom. The average Bonchev–Trinajstić information content (AvgIpc) is 2.46. The molecule has 2 aromatic rings. The number of ether oxygens (including phenoxy) is 1. The van der Waals surface area contributed by atoms with Crippen LogP contribution in [0.5, 0.6) is 5.75 Å². The van der Waals surface area contributed by atoms with Gasteiger partial charge in [0.2, 0.25) is 0 Å². The molecular formula is C16H13F2NO3. The molecule has 6 heteroatoms. The summed E-state index contributed by atoms with van der Waals surface area (Å²) in [7, 11) is 0. The first-order valence-corrected chi connectivity index (χ1v) is 6.44. The Balaban J connectivity index is 1.95. The van der Waals surface area contributed by atoms with Gasteiger partial charge in [0.15, 0.2) is 24.0 Å². The Kier molecular flexibility index (Phi) is 4.83. The van der Waals surface area contributed by atoms with Crippen molar-refractivity contribution >= 4 is 17.4 Å². The molecular weight excluding hydrogens is 292 g/mol. The van der Waals surface area contributed by atoms with E-state index in [0.29, 0.717) is 17.3 Å². The van der Waals surface area contributed by atoms with E-state index in [1.54, 1.807) is 18.2 Å². The van der Waals surface area contributed by atoms with E-state index in [1.807, 2.05) is 0 Å². The van der Waals surface area contributed by atoms with Crippen molar-refractivity contribution in [2.45, 2.75) is 6.92 Å². The highest BCUT2D eigenvalue weighted by Crippen LogP contribution is 2.17. The molecule has 0 aliphatic carbocycles. The van der Waals surface area contributed by atoms with Crippen molar-refractivity contribution in [3.05, 3.63) is 59.7 Å². The Labute approximate surface area is 125 Å². The van der Waals surface area contributed by atoms with Crippen LogP contribution >= 0.6 is 0 Å². The molecule has 1 amide bonds. The highest BCUT2D eigenvalue weighted by molar-refractivity contribution is 5.97. The van der Waals surface area contributed by atoms with Crippen LogP contribution in [0.4, 0.5) is 14.5 Å². The van der Waals surface area contributed by atoms with Gasteiger partial charge in [0.25, 0.3) is 5.91 Å². The lowest BCUT2D eigenvalue weighted by atomic mass is 10.1. The number of anilines is 1. The molecule has 1 N–H and O–H groups in total. The van der Waals surface area contributed by atoms with Gasteiger partial charge in [0.1, 0.15) is 5.82 Å². The number of carbonyl (C=O) groups is 2. The first-order chi connectivity index (χ1) is 10.5. The van der Waals surface area contributed by atoms with E-state index in [4.69, 9.17) is 4.74 Å². The minimum atomic E-state index is -0.883. The molecule has 0 radical (unpaired) electrons. The molecule has 0 aliphatic rings. The van der Waals surface area contributed by atoms with Crippen LogP contribution in [0.15, 0.2) is 42.5 Å². The Hall–Kier alpha value is -2.76. The molecule has 0 heterocycles. The summed E-state index contributed by atoms with van der Waals surface area (Å²) in [5.41, 5.74) is 0.893. The molecule has 0 fully saturated rings. The van der Waals surface area contributed by atoms with Crippen LogP contribution in [-0.2, 0) is 4.79 Å². The molecule has 2 rings (SSSR count). The quantitative estimate of drug-likeness (QED) is 0.863. The molecule has 2 aromatic carbocycles. The van der Waals surface area contributed by atoms with Gasteiger partial charge in [0.05, 0.1) is 0 Å². The summed E-state index contributed by atoms with van der Waals surface area (Å²) >= 11 is 0. The number of hydrogen-bond donors (Lipinski definition) is 1. The molecule has 0 aromatic heterocycles. The van der Waals surface area contributed by atoms with Gasteiger partial charge in [-0.25, -0.2) is 8.78 Å². The highest BCUT2D eigenvalue weighted by atomic mass is 19.1. The van der Waals surface area contributed by atoms with E-state index < -0.39 is 24.1 Å². The molecule has 114 valence electrons. The number of Topliss-reactive ketones (excluding diaryl/α,β-unsaturated/α-hetero) is 1. The summed E-state index contributed by atoms with van der Waals surface area (Å²) < 4.78 is 31.1. The summed E-state index contributed by atoms with van der Waals surface area (Å²) in [6.45, 7) is 0.980. The van der Waals surface area contributed by atoms with Crippen molar-refractivity contribution in [3.8, 4) is 5.75 Å². The second-order valence-electron chi connectivity index (χ2n) is 4.55. The molecule has 0 unspecified atom stereocenters. The van der Waals surface area contributed by atoms with E-state index in [-0.39, 0.29) is 11.5 Å². The molecule has 4 nitrogen and oxygen atoms in total. The van der Waals surface area contributed by atoms with Crippen molar-refractivity contribution in [1.82, 2.24) is 0 Å². The van der Waals surface area contributed by atoms with Gasteiger partial charge in [-0.05, 0) is 31.2 Å². The summed E-state index contributed by atoms with van der Waals surface area (Å²) in [4.78, 5) is 23.0. The molecule has 0 aliphatic heterocycles. The summed E-state index contributed by atoms with van der Waals surface area (Å²) in [5, 5.41) is 2.53. The summed E-state index contributed by atoms with van der Waals surface area (Å²) in [6.07, 6.45) is 0. The fourth-order valence-corrected chi connectivity index (χ4v) is 1.75. The summed E-state index contributed by atoms with van der Waals surface area (Å²) in [5.74, 6) is -2.47. The number of benzene rings is 2. The van der Waals surface area contributed by atoms with Crippen molar-refractivity contribution in [3.63, 3.8) is 0 Å². The van der Waals surface area contributed by atoms with E-state index in [0.717, 1.165) is 12.1 Å². The number of nitrogens with one attached hydrogen (secondary N) is 1. The lowest BCUT2D eigenvalue weighted by molar-refractivity contribution is -0.118. The predicted molar refractivity (Wildman–Crippen MR) is 76.9 cm³/mol. The fraction of sp³-hybridized carbons (Fsp3) is 0.125. The largest absolute Gasteiger partial charge is 0.481 e. The van der Waals surface area contributed by atoms with Crippen LogP contribution in [0.2, 0.25) is 0 Å². The monoisotopic (exact) mass is 305 g/mol. The topological polar surface area (TPSA) is 55.4 Å². The lowest BCUT2D eigenvalue weighted by Crippen LogP contribution is -2.20. The molecule has 0 bridgehead atoms. The SMILES string of the molecule is CC(=O)c1cccc(NC(=O)COc2ccc(F)cc2F)c1. The second kappa shape index (κ2) is 6.80. The minimum absolute atomic E-state index is 0.124. The molecule has 0 saturated heterocycles. The zero-order chi connectivity index (χ0) is 16.1. The highest BCUT2D eigenvalue weighted by Gasteiger charge is 2.09. The molecule has 0 saturated carbocycles. The number of amides is 1. The van der Waals surface area contributed by atoms with Crippen LogP contribution < -0.4 is 10.1 Å². The lowest BCUT2D eigenvalue weighted by Gasteiger charge is -2.09. The number of halogens is 2. The van der Waals surface area contributed by atoms with Crippen LogP contribution in [0, 0.1) is 11.6 Å². The maximum Gasteiger partial charge on any atom is 0.262 e. The number of rotatable bonds is 5. The Morgan fingerprint density at radius 3 is 2.59 bits per heavy atom. The van der Waals surface area contributed by atoms with Crippen molar-refractivity contribution < 1.29 is 23.1 Å². The standard InChI is InChI=1S/C16H13F2NO3/c1-10(20)11-3-2-4-13(7-11)19-16(21)9-22-15-6-5-12(17)8-14(15)18/h2-8H,9H2,1H3,(H,19,21). The van der Waals surface area contributed by atoms with Crippen LogP contribution in [0.25, 0.3) is 0 Å². The van der Waals surface area contributed by atoms with Gasteiger partial charge in [-0.15, -0.1) is 0 Å². The second-order valence-corrected chi connectivity index (χ2v) is 4.55. The third kappa shape index (κ3) is 4.12. The Morgan fingerprint density at radius 2 is 1.91 bits per heavy atom. The van der Waals surface area contributed by atoms with Crippen molar-refractivity contribution in [2.24, 2.45) is 0 Å². The van der Waals surface area contributed by atoms with E-state index in [9.17, 15) is 18.4 Å². The smallest absolute Gasteiger partial charge is 0.262 e. The average molecular weight is 305 g/mol. The van der Waals surface area contributed by atoms with Crippen LogP contribution in [0.1, 0.15) is 17.3 Å². The van der Waals surface area contributed by atoms with Gasteiger partial charge in [0, 0.05) is 17.3 Å². The Bertz CT molecular complexity index is 716. The third-order valence-corrected chi connectivity index (χ3v) is 2.81. The van der Waals surface area contributed by atoms with Crippen molar-refractivity contribution in [2.75, 3.05) is 11.9 Å². The molecule has 22 heavy (non-hydrogen) atoms. The normalized spacial score (nSPS) is 10.1. The maximum absolute atomic E-state index is 13.3. The van der Waals surface area contributed by atoms with E-state index >= 15 is 0 Å². The van der Waals surface area contributed by atoms with Crippen molar-refractivity contribution in [1.29, 1.82) is 0 Å². The minimum Gasteiger partial charge on any atom is -0.481 e. The van der Waals surface area contributed by atoms with Gasteiger partial charge >= 0.3 is 0 Å². The number of hydrogen-bond acceptors (Lipinski definition) is 3. The molecule has 0 spiro atoms. The zero-order valence-electron chi connectivity index (χ0n) is 11.7. The predicted octanol–water partition coefficient (Wildman–Crippen LogP) is 3.18. The van der Waals surface area contributed by atoms with Crippen LogP contribution in [-0.4, -0.2) is 18.3 Å². The van der Waals surface area contributed by atoms with E-state index in [1.165, 1.54) is 13.0 Å². The van der Waals surface area contributed by atoms with Gasteiger partial charge in [-0.3, -0.25) is 9.59 Å². The van der Waals surface area contributed by atoms with E-state index in [2.05, 4.69) is 5.32 Å². The van der Waals surface area contributed by atoms with Gasteiger partial charge < -0.3 is 10.1 Å². The first kappa shape index (κ1) is 15.6. The maximum atomic E-state index is 13.3. The number of ketones is 1. The van der Waals surface area contributed by atoms with Gasteiger partial charge in [-0.2, -0.15) is 0 Å². The summed E-state index contributed by atoms with van der Waals surface area (Å²) in [6, 6.07) is 9.21. The third-order valence-electron chi connectivity index (χ3n) is 2.81.